The number of hydrogen-bond donors (Lipinski definition) is 0. The van der Waals surface area contributed by atoms with Crippen LogP contribution in [0.15, 0.2) is 18.2 Å². The van der Waals surface area contributed by atoms with Crippen LogP contribution in [0.5, 0.6) is 0 Å². The fourth-order valence-corrected chi connectivity index (χ4v) is 1.89. The van der Waals surface area contributed by atoms with Crippen molar-refractivity contribution in [3.05, 3.63) is 29.5 Å². The van der Waals surface area contributed by atoms with E-state index in [9.17, 15) is 4.79 Å². The zero-order chi connectivity index (χ0) is 13.1. The smallest absolute Gasteiger partial charge is 0.359 e. The molecule has 5 nitrogen and oxygen atoms in total. The number of carbonyl (C=O) groups excluding carboxylic acids is 1. The van der Waals surface area contributed by atoms with Crippen LogP contribution in [-0.2, 0) is 16.0 Å². The van der Waals surface area contributed by atoms with Crippen LogP contribution in [-0.4, -0.2) is 36.6 Å². The van der Waals surface area contributed by atoms with E-state index in [1.165, 1.54) is 7.11 Å². The molecule has 5 heteroatoms. The molecule has 0 unspecified atom stereocenters. The summed E-state index contributed by atoms with van der Waals surface area (Å²) in [6, 6.07) is 5.89. The van der Waals surface area contributed by atoms with E-state index in [-0.39, 0.29) is 0 Å². The van der Waals surface area contributed by atoms with Gasteiger partial charge in [-0.05, 0) is 19.1 Å². The summed E-state index contributed by atoms with van der Waals surface area (Å²) in [6.07, 6.45) is 0. The first kappa shape index (κ1) is 12.6. The number of nitrogens with zero attached hydrogens (tertiary/aromatic N) is 2. The Morgan fingerprint density at radius 3 is 2.83 bits per heavy atom. The average molecular weight is 248 g/mol. The highest BCUT2D eigenvalue weighted by atomic mass is 16.5. The Balaban J connectivity index is 2.56. The predicted molar refractivity (Wildman–Crippen MR) is 67.7 cm³/mol. The molecule has 0 amide bonds. The van der Waals surface area contributed by atoms with Gasteiger partial charge >= 0.3 is 5.97 Å². The summed E-state index contributed by atoms with van der Waals surface area (Å²) >= 11 is 0. The Morgan fingerprint density at radius 2 is 2.17 bits per heavy atom. The van der Waals surface area contributed by atoms with Gasteiger partial charge in [-0.25, -0.2) is 4.79 Å². The summed E-state index contributed by atoms with van der Waals surface area (Å²) in [5, 5.41) is 5.12. The third kappa shape index (κ3) is 2.22. The molecule has 1 heterocycles. The molecule has 1 aromatic heterocycles. The summed E-state index contributed by atoms with van der Waals surface area (Å²) in [5.41, 5.74) is 2.35. The standard InChI is InChI=1S/C13H16N2O3/c1-9-4-5-11-10(8-9)12(13(16)18-3)14-15(11)6-7-17-2/h4-5,8H,6-7H2,1-3H3. The first-order valence-corrected chi connectivity index (χ1v) is 5.71. The van der Waals surface area contributed by atoms with E-state index in [2.05, 4.69) is 5.10 Å². The van der Waals surface area contributed by atoms with Crippen LogP contribution in [0, 0.1) is 6.92 Å². The molecule has 0 fully saturated rings. The molecule has 18 heavy (non-hydrogen) atoms. The fourth-order valence-electron chi connectivity index (χ4n) is 1.89. The van der Waals surface area contributed by atoms with Gasteiger partial charge in [0, 0.05) is 12.5 Å². The number of hydrogen-bond acceptors (Lipinski definition) is 4. The molecule has 0 atom stereocenters. The largest absolute Gasteiger partial charge is 0.464 e. The van der Waals surface area contributed by atoms with Gasteiger partial charge < -0.3 is 9.47 Å². The van der Waals surface area contributed by atoms with Crippen molar-refractivity contribution < 1.29 is 14.3 Å². The van der Waals surface area contributed by atoms with Gasteiger partial charge in [-0.15, -0.1) is 0 Å². The SMILES string of the molecule is COCCn1nc(C(=O)OC)c2cc(C)ccc21. The van der Waals surface area contributed by atoms with Crippen molar-refractivity contribution in [2.24, 2.45) is 0 Å². The molecule has 0 saturated heterocycles. The topological polar surface area (TPSA) is 53.4 Å². The third-order valence-corrected chi connectivity index (χ3v) is 2.79. The molecule has 0 bridgehead atoms. The number of aryl methyl sites for hydroxylation is 1. The molecule has 0 saturated carbocycles. The number of esters is 1. The minimum Gasteiger partial charge on any atom is -0.464 e. The number of rotatable bonds is 4. The summed E-state index contributed by atoms with van der Waals surface area (Å²) in [6.45, 7) is 3.13. The molecule has 1 aromatic carbocycles. The fraction of sp³-hybridized carbons (Fsp3) is 0.385. The number of fused-ring (bicyclic) bond motifs is 1. The molecule has 0 N–H and O–H groups in total. The quantitative estimate of drug-likeness (QED) is 0.774. The van der Waals surface area contributed by atoms with Crippen LogP contribution in [0.25, 0.3) is 10.9 Å². The Kier molecular flexibility index (Phi) is 3.62. The van der Waals surface area contributed by atoms with Crippen LogP contribution in [0.4, 0.5) is 0 Å². The summed E-state index contributed by atoms with van der Waals surface area (Å²) < 4.78 is 11.6. The normalized spacial score (nSPS) is 10.8. The number of methoxy groups -OCH3 is 2. The Hall–Kier alpha value is -1.88. The molecule has 96 valence electrons. The Bertz CT molecular complexity index is 575. The van der Waals surface area contributed by atoms with Gasteiger partial charge in [0.2, 0.25) is 0 Å². The lowest BCUT2D eigenvalue weighted by atomic mass is 10.1. The molecule has 0 aliphatic carbocycles. The highest BCUT2D eigenvalue weighted by Crippen LogP contribution is 2.20. The Labute approximate surface area is 105 Å². The second-order valence-electron chi connectivity index (χ2n) is 4.08. The molecule has 2 rings (SSSR count). The van der Waals surface area contributed by atoms with Crippen molar-refractivity contribution in [2.45, 2.75) is 13.5 Å². The second-order valence-corrected chi connectivity index (χ2v) is 4.08. The monoisotopic (exact) mass is 248 g/mol. The van der Waals surface area contributed by atoms with E-state index >= 15 is 0 Å². The van der Waals surface area contributed by atoms with Gasteiger partial charge in [0.25, 0.3) is 0 Å². The summed E-state index contributed by atoms with van der Waals surface area (Å²) in [5.74, 6) is -0.415. The lowest BCUT2D eigenvalue weighted by Crippen LogP contribution is -2.08. The van der Waals surface area contributed by atoms with Crippen molar-refractivity contribution in [2.75, 3.05) is 20.8 Å². The molecule has 2 aromatic rings. The van der Waals surface area contributed by atoms with Crippen LogP contribution < -0.4 is 0 Å². The van der Waals surface area contributed by atoms with Crippen LogP contribution in [0.2, 0.25) is 0 Å². The highest BCUT2D eigenvalue weighted by molar-refractivity contribution is 6.02. The minimum atomic E-state index is -0.415. The summed E-state index contributed by atoms with van der Waals surface area (Å²) in [7, 11) is 3.00. The van der Waals surface area contributed by atoms with Crippen molar-refractivity contribution in [3.8, 4) is 0 Å². The molecule has 0 spiro atoms. The van der Waals surface area contributed by atoms with Crippen molar-refractivity contribution in [1.29, 1.82) is 0 Å². The van der Waals surface area contributed by atoms with Gasteiger partial charge in [-0.1, -0.05) is 11.6 Å². The van der Waals surface area contributed by atoms with Gasteiger partial charge in [0.05, 0.1) is 25.8 Å². The zero-order valence-corrected chi connectivity index (χ0v) is 10.8. The maximum Gasteiger partial charge on any atom is 0.359 e. The molecule has 0 radical (unpaired) electrons. The van der Waals surface area contributed by atoms with Gasteiger partial charge in [0.1, 0.15) is 0 Å². The van der Waals surface area contributed by atoms with Gasteiger partial charge in [-0.3, -0.25) is 4.68 Å². The highest BCUT2D eigenvalue weighted by Gasteiger charge is 2.17. The molecule has 0 aliphatic heterocycles. The molecule has 0 aliphatic rings. The van der Waals surface area contributed by atoms with Crippen LogP contribution >= 0.6 is 0 Å². The van der Waals surface area contributed by atoms with E-state index in [4.69, 9.17) is 9.47 Å². The Morgan fingerprint density at radius 1 is 1.39 bits per heavy atom. The first-order valence-electron chi connectivity index (χ1n) is 5.71. The van der Waals surface area contributed by atoms with Crippen molar-refractivity contribution in [1.82, 2.24) is 9.78 Å². The molecular formula is C13H16N2O3. The predicted octanol–water partition coefficient (Wildman–Crippen LogP) is 1.78. The van der Waals surface area contributed by atoms with E-state index < -0.39 is 5.97 Å². The van der Waals surface area contributed by atoms with E-state index in [1.807, 2.05) is 25.1 Å². The second kappa shape index (κ2) is 5.18. The number of aromatic nitrogens is 2. The van der Waals surface area contributed by atoms with Gasteiger partial charge in [-0.2, -0.15) is 5.10 Å². The average Bonchev–Trinajstić information content (AvgIpc) is 2.73. The number of carbonyl (C=O) groups is 1. The van der Waals surface area contributed by atoms with Crippen molar-refractivity contribution in [3.63, 3.8) is 0 Å². The van der Waals surface area contributed by atoms with Gasteiger partial charge in [0.15, 0.2) is 5.69 Å². The maximum absolute atomic E-state index is 11.7. The minimum absolute atomic E-state index is 0.354. The van der Waals surface area contributed by atoms with E-state index in [0.29, 0.717) is 18.8 Å². The van der Waals surface area contributed by atoms with E-state index in [1.54, 1.807) is 11.8 Å². The van der Waals surface area contributed by atoms with Crippen molar-refractivity contribution >= 4 is 16.9 Å². The van der Waals surface area contributed by atoms with Crippen LogP contribution in [0.3, 0.4) is 0 Å². The van der Waals surface area contributed by atoms with E-state index in [0.717, 1.165) is 16.5 Å². The maximum atomic E-state index is 11.7. The zero-order valence-electron chi connectivity index (χ0n) is 10.8. The van der Waals surface area contributed by atoms with Crippen LogP contribution in [0.1, 0.15) is 16.1 Å². The lowest BCUT2D eigenvalue weighted by molar-refractivity contribution is 0.0594. The lowest BCUT2D eigenvalue weighted by Gasteiger charge is -2.01. The third-order valence-electron chi connectivity index (χ3n) is 2.79. The molecular weight excluding hydrogens is 232 g/mol. The number of ether oxygens (including phenoxy) is 2. The number of benzene rings is 1. The summed E-state index contributed by atoms with van der Waals surface area (Å²) in [4.78, 5) is 11.7. The first-order chi connectivity index (χ1) is 8.67.